The summed E-state index contributed by atoms with van der Waals surface area (Å²) in [6.45, 7) is -0.213. The third-order valence-electron chi connectivity index (χ3n) is 7.18. The van der Waals surface area contributed by atoms with Gasteiger partial charge in [0.2, 0.25) is 16.3 Å². The standard InChI is InChI=1S/C32H34N2O8S/c1-39-25-11-13-26(14-12-25)43(37,38)34(15-17-35)16-18-40-31-20-24(28-22-41-29-10-6-5-9-27(28)29)19-30(42-31)32(36)33-21-23-7-3-2-4-8-23/h2-14,19,22,24,31,35H,15-18,20-21H2,1H3,(H,33,36). The number of nitrogens with one attached hydrogen (secondary N) is 1. The van der Waals surface area contributed by atoms with Gasteiger partial charge in [0.05, 0.1) is 31.5 Å². The van der Waals surface area contributed by atoms with Crippen LogP contribution in [-0.2, 0) is 30.8 Å². The van der Waals surface area contributed by atoms with Crippen molar-refractivity contribution in [3.8, 4) is 5.75 Å². The van der Waals surface area contributed by atoms with Gasteiger partial charge in [0.1, 0.15) is 11.3 Å². The van der Waals surface area contributed by atoms with Crippen molar-refractivity contribution < 1.29 is 36.9 Å². The SMILES string of the molecule is COc1ccc(S(=O)(=O)N(CCO)CCOC2CC(c3coc4ccccc34)C=C(C(=O)NCc3ccccc3)O2)cc1. The molecule has 10 nitrogen and oxygen atoms in total. The van der Waals surface area contributed by atoms with E-state index >= 15 is 0 Å². The summed E-state index contributed by atoms with van der Waals surface area (Å²) >= 11 is 0. The molecule has 1 aromatic heterocycles. The maximum atomic E-state index is 13.3. The Hall–Kier alpha value is -4.16. The lowest BCUT2D eigenvalue weighted by Crippen LogP contribution is -2.38. The van der Waals surface area contributed by atoms with Crippen LogP contribution in [0.2, 0.25) is 0 Å². The second-order valence-electron chi connectivity index (χ2n) is 9.95. The number of allylic oxidation sites excluding steroid dienone is 1. The molecule has 11 heteroatoms. The van der Waals surface area contributed by atoms with Crippen molar-refractivity contribution in [3.63, 3.8) is 0 Å². The van der Waals surface area contributed by atoms with Gasteiger partial charge in [0.15, 0.2) is 5.76 Å². The van der Waals surface area contributed by atoms with Gasteiger partial charge in [-0.25, -0.2) is 8.42 Å². The van der Waals surface area contributed by atoms with Crippen LogP contribution in [0.5, 0.6) is 5.75 Å². The van der Waals surface area contributed by atoms with Gasteiger partial charge in [-0.1, -0.05) is 48.5 Å². The first-order valence-electron chi connectivity index (χ1n) is 13.9. The number of aliphatic hydroxyl groups is 1. The van der Waals surface area contributed by atoms with Crippen LogP contribution in [0.4, 0.5) is 0 Å². The molecule has 1 amide bonds. The zero-order valence-corrected chi connectivity index (χ0v) is 24.5. The lowest BCUT2D eigenvalue weighted by molar-refractivity contribution is -0.146. The van der Waals surface area contributed by atoms with Crippen molar-refractivity contribution in [1.82, 2.24) is 9.62 Å². The quantitative estimate of drug-likeness (QED) is 0.232. The molecule has 4 aromatic rings. The monoisotopic (exact) mass is 606 g/mol. The number of methoxy groups -OCH3 is 1. The molecule has 2 N–H and O–H groups in total. The highest BCUT2D eigenvalue weighted by Gasteiger charge is 2.31. The summed E-state index contributed by atoms with van der Waals surface area (Å²) in [6.07, 6.45) is 2.99. The number of carbonyl (C=O) groups is 1. The highest BCUT2D eigenvalue weighted by atomic mass is 32.2. The molecule has 0 radical (unpaired) electrons. The number of ether oxygens (including phenoxy) is 3. The number of benzene rings is 3. The van der Waals surface area contributed by atoms with E-state index in [2.05, 4.69) is 5.32 Å². The van der Waals surface area contributed by atoms with Gasteiger partial charge in [-0.05, 0) is 42.0 Å². The van der Waals surface area contributed by atoms with E-state index in [1.54, 1.807) is 24.5 Å². The topological polar surface area (TPSA) is 128 Å². The number of fused-ring (bicyclic) bond motifs is 1. The Balaban J connectivity index is 1.30. The summed E-state index contributed by atoms with van der Waals surface area (Å²) in [7, 11) is -2.41. The van der Waals surface area contributed by atoms with Crippen LogP contribution in [0.1, 0.15) is 23.5 Å². The van der Waals surface area contributed by atoms with E-state index < -0.39 is 16.3 Å². The first-order valence-corrected chi connectivity index (χ1v) is 15.4. The number of sulfonamides is 1. The first-order chi connectivity index (χ1) is 20.9. The van der Waals surface area contributed by atoms with Crippen molar-refractivity contribution in [1.29, 1.82) is 0 Å². The molecule has 1 aliphatic heterocycles. The summed E-state index contributed by atoms with van der Waals surface area (Å²) in [6, 6.07) is 23.2. The second kappa shape index (κ2) is 13.9. The highest BCUT2D eigenvalue weighted by molar-refractivity contribution is 7.89. The minimum absolute atomic E-state index is 0.0299. The number of hydrogen-bond acceptors (Lipinski definition) is 8. The Bertz CT molecular complexity index is 1650. The Kier molecular flexibility index (Phi) is 9.78. The number of para-hydroxylation sites is 1. The highest BCUT2D eigenvalue weighted by Crippen LogP contribution is 2.36. The van der Waals surface area contributed by atoms with Gasteiger partial charge < -0.3 is 29.1 Å². The predicted octanol–water partition coefficient (Wildman–Crippen LogP) is 4.17. The molecule has 0 spiro atoms. The number of hydrogen-bond donors (Lipinski definition) is 2. The Morgan fingerprint density at radius 1 is 1.02 bits per heavy atom. The van der Waals surface area contributed by atoms with Crippen LogP contribution in [0.25, 0.3) is 11.0 Å². The maximum Gasteiger partial charge on any atom is 0.286 e. The fourth-order valence-electron chi connectivity index (χ4n) is 4.93. The summed E-state index contributed by atoms with van der Waals surface area (Å²) in [5.41, 5.74) is 2.57. The van der Waals surface area contributed by atoms with Gasteiger partial charge in [0.25, 0.3) is 5.91 Å². The molecule has 0 aliphatic carbocycles. The van der Waals surface area contributed by atoms with E-state index in [4.69, 9.17) is 18.6 Å². The molecule has 5 rings (SSSR count). The number of rotatable bonds is 13. The molecule has 2 unspecified atom stereocenters. The minimum Gasteiger partial charge on any atom is -0.497 e. The summed E-state index contributed by atoms with van der Waals surface area (Å²) < 4.78 is 50.6. The molecule has 0 saturated carbocycles. The zero-order valence-electron chi connectivity index (χ0n) is 23.7. The summed E-state index contributed by atoms with van der Waals surface area (Å²) in [4.78, 5) is 13.3. The van der Waals surface area contributed by atoms with Crippen molar-refractivity contribution in [2.24, 2.45) is 0 Å². The van der Waals surface area contributed by atoms with Crippen LogP contribution >= 0.6 is 0 Å². The average Bonchev–Trinajstić information content (AvgIpc) is 3.48. The predicted molar refractivity (Wildman–Crippen MR) is 160 cm³/mol. The van der Waals surface area contributed by atoms with Crippen molar-refractivity contribution in [3.05, 3.63) is 108 Å². The molecule has 226 valence electrons. The maximum absolute atomic E-state index is 13.3. The minimum atomic E-state index is -3.91. The molecule has 0 saturated heterocycles. The fraction of sp³-hybridized carbons (Fsp3) is 0.281. The number of carbonyl (C=O) groups excluding carboxylic acids is 1. The van der Waals surface area contributed by atoms with Crippen LogP contribution < -0.4 is 10.1 Å². The van der Waals surface area contributed by atoms with E-state index in [-0.39, 0.29) is 48.8 Å². The van der Waals surface area contributed by atoms with Gasteiger partial charge in [-0.2, -0.15) is 4.31 Å². The van der Waals surface area contributed by atoms with E-state index in [1.807, 2.05) is 54.6 Å². The second-order valence-corrected chi connectivity index (χ2v) is 11.9. The molecule has 3 aromatic carbocycles. The van der Waals surface area contributed by atoms with Crippen molar-refractivity contribution >= 4 is 26.9 Å². The lowest BCUT2D eigenvalue weighted by Gasteiger charge is -2.30. The molecular weight excluding hydrogens is 572 g/mol. The molecule has 0 bridgehead atoms. The third kappa shape index (κ3) is 7.26. The van der Waals surface area contributed by atoms with Crippen molar-refractivity contribution in [2.45, 2.75) is 30.1 Å². The number of furan rings is 1. The normalized spacial score (nSPS) is 17.0. The van der Waals surface area contributed by atoms with Crippen LogP contribution in [0, 0.1) is 0 Å². The van der Waals surface area contributed by atoms with Crippen LogP contribution in [-0.4, -0.2) is 63.4 Å². The Morgan fingerprint density at radius 2 is 1.77 bits per heavy atom. The molecular formula is C32H34N2O8S. The van der Waals surface area contributed by atoms with Crippen LogP contribution in [0.3, 0.4) is 0 Å². The number of amides is 1. The summed E-state index contributed by atoms with van der Waals surface area (Å²) in [5.74, 6) is -0.00187. The number of nitrogens with zero attached hydrogens (tertiary/aromatic N) is 1. The average molecular weight is 607 g/mol. The van der Waals surface area contributed by atoms with Gasteiger partial charge in [-0.15, -0.1) is 0 Å². The lowest BCUT2D eigenvalue weighted by atomic mass is 9.92. The molecule has 43 heavy (non-hydrogen) atoms. The van der Waals surface area contributed by atoms with Crippen LogP contribution in [0.15, 0.2) is 106 Å². The third-order valence-corrected chi connectivity index (χ3v) is 9.09. The van der Waals surface area contributed by atoms with E-state index in [1.165, 1.54) is 19.2 Å². The number of aliphatic hydroxyl groups excluding tert-OH is 1. The Morgan fingerprint density at radius 3 is 2.51 bits per heavy atom. The zero-order chi connectivity index (χ0) is 30.2. The van der Waals surface area contributed by atoms with E-state index in [9.17, 15) is 18.3 Å². The summed E-state index contributed by atoms with van der Waals surface area (Å²) in [5, 5.41) is 13.4. The molecule has 0 fully saturated rings. The Labute approximate surface area is 250 Å². The molecule has 2 heterocycles. The first kappa shape index (κ1) is 30.3. The van der Waals surface area contributed by atoms with E-state index in [0.29, 0.717) is 18.7 Å². The fourth-order valence-corrected chi connectivity index (χ4v) is 6.35. The van der Waals surface area contributed by atoms with Gasteiger partial charge in [0, 0.05) is 42.9 Å². The van der Waals surface area contributed by atoms with Gasteiger partial charge >= 0.3 is 0 Å². The van der Waals surface area contributed by atoms with E-state index in [0.717, 1.165) is 26.4 Å². The molecule has 1 aliphatic rings. The van der Waals surface area contributed by atoms with Gasteiger partial charge in [-0.3, -0.25) is 4.79 Å². The molecule has 2 atom stereocenters. The smallest absolute Gasteiger partial charge is 0.286 e. The van der Waals surface area contributed by atoms with Crippen molar-refractivity contribution in [2.75, 3.05) is 33.4 Å². The largest absolute Gasteiger partial charge is 0.497 e.